The molecular formula is C25H28FOP. The van der Waals surface area contributed by atoms with E-state index in [4.69, 9.17) is 4.74 Å². The van der Waals surface area contributed by atoms with Crippen LogP contribution < -0.4 is 10.0 Å². The van der Waals surface area contributed by atoms with Crippen LogP contribution in [0.2, 0.25) is 0 Å². The molecule has 0 heterocycles. The highest BCUT2D eigenvalue weighted by atomic mass is 31.1. The van der Waals surface area contributed by atoms with Crippen molar-refractivity contribution in [3.63, 3.8) is 0 Å². The number of rotatable bonds is 7. The van der Waals surface area contributed by atoms with E-state index >= 15 is 0 Å². The van der Waals surface area contributed by atoms with Crippen molar-refractivity contribution in [1.29, 1.82) is 0 Å². The molecule has 0 aliphatic carbocycles. The average Bonchev–Trinajstić information content (AvgIpc) is 2.69. The van der Waals surface area contributed by atoms with Crippen LogP contribution in [0, 0.1) is 19.7 Å². The van der Waals surface area contributed by atoms with Gasteiger partial charge in [-0.1, -0.05) is 88.7 Å². The van der Waals surface area contributed by atoms with Gasteiger partial charge in [0, 0.05) is 16.0 Å². The Morgan fingerprint density at radius 1 is 0.964 bits per heavy atom. The van der Waals surface area contributed by atoms with Gasteiger partial charge in [0.05, 0.1) is 0 Å². The molecular weight excluding hydrogens is 366 g/mol. The molecule has 146 valence electrons. The van der Waals surface area contributed by atoms with Gasteiger partial charge in [-0.2, -0.15) is 0 Å². The van der Waals surface area contributed by atoms with E-state index in [2.05, 4.69) is 52.0 Å². The van der Waals surface area contributed by atoms with Gasteiger partial charge in [0.1, 0.15) is 18.2 Å². The normalized spacial score (nSPS) is 13.6. The van der Waals surface area contributed by atoms with Crippen molar-refractivity contribution >= 4 is 13.9 Å². The van der Waals surface area contributed by atoms with Crippen LogP contribution >= 0.6 is 8.58 Å². The second-order valence-electron chi connectivity index (χ2n) is 7.52. The summed E-state index contributed by atoms with van der Waals surface area (Å²) in [7, 11) is 0.330. The maximum absolute atomic E-state index is 14.4. The van der Waals surface area contributed by atoms with Gasteiger partial charge in [-0.25, -0.2) is 4.39 Å². The molecule has 3 aromatic rings. The van der Waals surface area contributed by atoms with Crippen LogP contribution in [0.15, 0.2) is 66.7 Å². The second kappa shape index (κ2) is 8.88. The van der Waals surface area contributed by atoms with Gasteiger partial charge in [-0.05, 0) is 37.5 Å². The van der Waals surface area contributed by atoms with Crippen molar-refractivity contribution in [3.05, 3.63) is 94.8 Å². The predicted octanol–water partition coefficient (Wildman–Crippen LogP) is 6.65. The third-order valence-corrected chi connectivity index (χ3v) is 7.08. The monoisotopic (exact) mass is 394 g/mol. The fraction of sp³-hybridized carbons (Fsp3) is 0.280. The van der Waals surface area contributed by atoms with Gasteiger partial charge in [0.25, 0.3) is 0 Å². The standard InChI is InChI=1S/C25H28FOP/c1-5-25(4,28-23-14-10-9-13-22(23)26)21-16-18(2)15-19(3)24(21)27-17-20-11-7-6-8-12-20/h6-16,28H,5,17H2,1-4H3. The SMILES string of the molecule is CCC(C)(Pc1ccccc1F)c1cc(C)cc(C)c1OCc1ccccc1. The highest BCUT2D eigenvalue weighted by Gasteiger charge is 2.30. The molecule has 0 saturated heterocycles. The summed E-state index contributed by atoms with van der Waals surface area (Å²) in [6.07, 6.45) is 0.907. The van der Waals surface area contributed by atoms with Gasteiger partial charge in [0.2, 0.25) is 0 Å². The number of benzene rings is 3. The minimum absolute atomic E-state index is 0.128. The van der Waals surface area contributed by atoms with Gasteiger partial charge in [-0.3, -0.25) is 0 Å². The first-order chi connectivity index (χ1) is 13.4. The Balaban J connectivity index is 1.99. The topological polar surface area (TPSA) is 9.23 Å². The molecule has 0 radical (unpaired) electrons. The molecule has 0 aliphatic heterocycles. The third-order valence-electron chi connectivity index (χ3n) is 5.23. The molecule has 3 heteroatoms. The van der Waals surface area contributed by atoms with E-state index in [9.17, 15) is 4.39 Å². The van der Waals surface area contributed by atoms with Crippen LogP contribution in [0.25, 0.3) is 0 Å². The fourth-order valence-corrected chi connectivity index (χ4v) is 4.97. The van der Waals surface area contributed by atoms with Crippen LogP contribution in [0.1, 0.15) is 42.5 Å². The molecule has 0 aromatic heterocycles. The van der Waals surface area contributed by atoms with E-state index in [1.807, 2.05) is 30.3 Å². The lowest BCUT2D eigenvalue weighted by Crippen LogP contribution is -2.21. The van der Waals surface area contributed by atoms with E-state index in [0.29, 0.717) is 15.2 Å². The molecule has 2 atom stereocenters. The Kier molecular flexibility index (Phi) is 6.52. The van der Waals surface area contributed by atoms with E-state index < -0.39 is 0 Å². The van der Waals surface area contributed by atoms with Crippen molar-refractivity contribution in [2.24, 2.45) is 0 Å². The Bertz CT molecular complexity index is 939. The van der Waals surface area contributed by atoms with Crippen LogP contribution in [-0.4, -0.2) is 0 Å². The maximum Gasteiger partial charge on any atom is 0.130 e. The lowest BCUT2D eigenvalue weighted by atomic mass is 9.92. The zero-order valence-electron chi connectivity index (χ0n) is 17.1. The van der Waals surface area contributed by atoms with Crippen molar-refractivity contribution in [1.82, 2.24) is 0 Å². The first-order valence-electron chi connectivity index (χ1n) is 9.74. The minimum atomic E-state index is -0.189. The molecule has 0 amide bonds. The Morgan fingerprint density at radius 2 is 1.64 bits per heavy atom. The second-order valence-corrected chi connectivity index (χ2v) is 9.42. The summed E-state index contributed by atoms with van der Waals surface area (Å²) in [6.45, 7) is 9.13. The van der Waals surface area contributed by atoms with E-state index in [-0.39, 0.29) is 11.0 Å². The Hall–Kier alpha value is -2.18. The summed E-state index contributed by atoms with van der Waals surface area (Å²) in [6, 6.07) is 21.7. The number of aryl methyl sites for hydroxylation is 2. The van der Waals surface area contributed by atoms with Crippen molar-refractivity contribution in [2.75, 3.05) is 0 Å². The Morgan fingerprint density at radius 3 is 2.32 bits per heavy atom. The molecule has 0 N–H and O–H groups in total. The summed E-state index contributed by atoms with van der Waals surface area (Å²) in [5.41, 5.74) is 4.65. The first-order valence-corrected chi connectivity index (χ1v) is 10.7. The number of hydrogen-bond donors (Lipinski definition) is 0. The largest absolute Gasteiger partial charge is 0.488 e. The zero-order chi connectivity index (χ0) is 20.1. The van der Waals surface area contributed by atoms with Crippen LogP contribution in [0.3, 0.4) is 0 Å². The Labute approximate surface area is 169 Å². The molecule has 1 nitrogen and oxygen atoms in total. The number of ether oxygens (including phenoxy) is 1. The number of hydrogen-bond acceptors (Lipinski definition) is 1. The molecule has 2 unspecified atom stereocenters. The van der Waals surface area contributed by atoms with Crippen molar-refractivity contribution in [2.45, 2.75) is 45.9 Å². The fourth-order valence-electron chi connectivity index (χ4n) is 3.49. The van der Waals surface area contributed by atoms with E-state index in [1.165, 1.54) is 11.1 Å². The van der Waals surface area contributed by atoms with E-state index in [0.717, 1.165) is 28.6 Å². The molecule has 0 spiro atoms. The minimum Gasteiger partial charge on any atom is -0.488 e. The molecule has 28 heavy (non-hydrogen) atoms. The van der Waals surface area contributed by atoms with Crippen molar-refractivity contribution in [3.8, 4) is 5.75 Å². The summed E-state index contributed by atoms with van der Waals surface area (Å²) < 4.78 is 20.7. The molecule has 3 aromatic carbocycles. The third kappa shape index (κ3) is 4.62. The zero-order valence-corrected chi connectivity index (χ0v) is 18.1. The molecule has 0 saturated carbocycles. The maximum atomic E-state index is 14.4. The molecule has 3 rings (SSSR count). The molecule has 0 aliphatic rings. The first kappa shape index (κ1) is 20.6. The average molecular weight is 394 g/mol. The van der Waals surface area contributed by atoms with Crippen LogP contribution in [0.4, 0.5) is 4.39 Å². The van der Waals surface area contributed by atoms with Gasteiger partial charge in [-0.15, -0.1) is 0 Å². The quantitative estimate of drug-likeness (QED) is 0.408. The summed E-state index contributed by atoms with van der Waals surface area (Å²) in [5.74, 6) is 0.805. The van der Waals surface area contributed by atoms with Gasteiger partial charge in [0.15, 0.2) is 0 Å². The van der Waals surface area contributed by atoms with Gasteiger partial charge >= 0.3 is 0 Å². The summed E-state index contributed by atoms with van der Waals surface area (Å²) in [4.78, 5) is 0. The predicted molar refractivity (Wildman–Crippen MR) is 119 cm³/mol. The molecule has 0 bridgehead atoms. The van der Waals surface area contributed by atoms with Gasteiger partial charge < -0.3 is 4.74 Å². The van der Waals surface area contributed by atoms with Crippen LogP contribution in [0.5, 0.6) is 5.75 Å². The lowest BCUT2D eigenvalue weighted by Gasteiger charge is -2.32. The smallest absolute Gasteiger partial charge is 0.130 e. The van der Waals surface area contributed by atoms with E-state index in [1.54, 1.807) is 12.1 Å². The van der Waals surface area contributed by atoms with Crippen molar-refractivity contribution < 1.29 is 9.13 Å². The summed E-state index contributed by atoms with van der Waals surface area (Å²) >= 11 is 0. The highest BCUT2D eigenvalue weighted by Crippen LogP contribution is 2.48. The lowest BCUT2D eigenvalue weighted by molar-refractivity contribution is 0.297. The number of halogens is 1. The molecule has 0 fully saturated rings. The summed E-state index contributed by atoms with van der Waals surface area (Å²) in [5, 5.41) is 0.588. The highest BCUT2D eigenvalue weighted by molar-refractivity contribution is 7.48. The van der Waals surface area contributed by atoms with Crippen LogP contribution in [-0.2, 0) is 11.8 Å².